The number of nitrogens with zero attached hydrogens (tertiary/aromatic N) is 2. The highest BCUT2D eigenvalue weighted by atomic mass is 79.9. The molecule has 1 aromatic heterocycles. The second kappa shape index (κ2) is 5.82. The van der Waals surface area contributed by atoms with E-state index in [9.17, 15) is 4.79 Å². The van der Waals surface area contributed by atoms with Crippen LogP contribution < -0.4 is 0 Å². The van der Waals surface area contributed by atoms with Gasteiger partial charge in [0.15, 0.2) is 0 Å². The average molecular weight is 309 g/mol. The molecule has 2 rings (SSSR count). The SMILES string of the molecule is CCOC(=O)c1cnn(Cc2ccc(Br)cc2)c1. The summed E-state index contributed by atoms with van der Waals surface area (Å²) in [5, 5.41) is 4.14. The molecular weight excluding hydrogens is 296 g/mol. The Kier molecular flexibility index (Phi) is 4.15. The second-order valence-electron chi connectivity index (χ2n) is 3.77. The summed E-state index contributed by atoms with van der Waals surface area (Å²) in [6.45, 7) is 2.79. The first kappa shape index (κ1) is 12.8. The van der Waals surface area contributed by atoms with Crippen molar-refractivity contribution in [3.63, 3.8) is 0 Å². The fourth-order valence-corrected chi connectivity index (χ4v) is 1.81. The molecule has 0 unspecified atom stereocenters. The molecular formula is C13H13BrN2O2. The monoisotopic (exact) mass is 308 g/mol. The van der Waals surface area contributed by atoms with Crippen molar-refractivity contribution in [2.75, 3.05) is 6.61 Å². The first-order valence-electron chi connectivity index (χ1n) is 5.63. The quantitative estimate of drug-likeness (QED) is 0.816. The van der Waals surface area contributed by atoms with E-state index in [-0.39, 0.29) is 5.97 Å². The van der Waals surface area contributed by atoms with Crippen molar-refractivity contribution in [3.8, 4) is 0 Å². The van der Waals surface area contributed by atoms with Gasteiger partial charge in [0.2, 0.25) is 0 Å². The molecule has 0 spiro atoms. The molecule has 0 aliphatic rings. The van der Waals surface area contributed by atoms with Crippen LogP contribution in [0.15, 0.2) is 41.1 Å². The van der Waals surface area contributed by atoms with Gasteiger partial charge in [-0.1, -0.05) is 28.1 Å². The lowest BCUT2D eigenvalue weighted by Crippen LogP contribution is -2.04. The minimum atomic E-state index is -0.334. The largest absolute Gasteiger partial charge is 0.462 e. The van der Waals surface area contributed by atoms with Crippen LogP contribution >= 0.6 is 15.9 Å². The number of ether oxygens (including phenoxy) is 1. The van der Waals surface area contributed by atoms with Gasteiger partial charge in [0.05, 0.1) is 24.9 Å². The molecule has 0 fully saturated rings. The summed E-state index contributed by atoms with van der Waals surface area (Å²) in [4.78, 5) is 11.5. The Bertz CT molecular complexity index is 534. The third-order valence-corrected chi connectivity index (χ3v) is 2.93. The Morgan fingerprint density at radius 1 is 1.39 bits per heavy atom. The molecule has 1 heterocycles. The number of hydrogen-bond donors (Lipinski definition) is 0. The summed E-state index contributed by atoms with van der Waals surface area (Å²) in [5.41, 5.74) is 1.60. The van der Waals surface area contributed by atoms with Crippen molar-refractivity contribution in [2.24, 2.45) is 0 Å². The van der Waals surface area contributed by atoms with Crippen LogP contribution in [0.3, 0.4) is 0 Å². The maximum Gasteiger partial charge on any atom is 0.341 e. The molecule has 5 heteroatoms. The standard InChI is InChI=1S/C13H13BrN2O2/c1-2-18-13(17)11-7-15-16(9-11)8-10-3-5-12(14)6-4-10/h3-7,9H,2,8H2,1H3. The van der Waals surface area contributed by atoms with Gasteiger partial charge in [0.1, 0.15) is 0 Å². The van der Waals surface area contributed by atoms with Crippen LogP contribution in [0.5, 0.6) is 0 Å². The van der Waals surface area contributed by atoms with Crippen molar-refractivity contribution < 1.29 is 9.53 Å². The Balaban J connectivity index is 2.06. The number of halogens is 1. The lowest BCUT2D eigenvalue weighted by atomic mass is 10.2. The van der Waals surface area contributed by atoms with Crippen molar-refractivity contribution >= 4 is 21.9 Å². The molecule has 0 amide bonds. The molecule has 0 aliphatic heterocycles. The van der Waals surface area contributed by atoms with Crippen LogP contribution in [-0.4, -0.2) is 22.4 Å². The van der Waals surface area contributed by atoms with E-state index in [2.05, 4.69) is 21.0 Å². The van der Waals surface area contributed by atoms with Crippen LogP contribution in [0.1, 0.15) is 22.8 Å². The number of rotatable bonds is 4. The van der Waals surface area contributed by atoms with E-state index in [0.29, 0.717) is 18.7 Å². The predicted molar refractivity (Wildman–Crippen MR) is 71.4 cm³/mol. The molecule has 0 radical (unpaired) electrons. The number of carbonyl (C=O) groups is 1. The minimum Gasteiger partial charge on any atom is -0.462 e. The summed E-state index contributed by atoms with van der Waals surface area (Å²) in [6, 6.07) is 7.97. The number of aromatic nitrogens is 2. The highest BCUT2D eigenvalue weighted by molar-refractivity contribution is 9.10. The summed E-state index contributed by atoms with van der Waals surface area (Å²) in [5.74, 6) is -0.334. The fourth-order valence-electron chi connectivity index (χ4n) is 1.55. The number of benzene rings is 1. The average Bonchev–Trinajstić information content (AvgIpc) is 2.81. The van der Waals surface area contributed by atoms with Gasteiger partial charge in [0, 0.05) is 10.7 Å². The molecule has 0 saturated heterocycles. The van der Waals surface area contributed by atoms with E-state index in [1.165, 1.54) is 6.20 Å². The molecule has 2 aromatic rings. The Morgan fingerprint density at radius 2 is 2.11 bits per heavy atom. The highest BCUT2D eigenvalue weighted by Gasteiger charge is 2.09. The predicted octanol–water partition coefficient (Wildman–Crippen LogP) is 2.87. The van der Waals surface area contributed by atoms with Gasteiger partial charge in [-0.2, -0.15) is 5.10 Å². The van der Waals surface area contributed by atoms with Gasteiger partial charge in [-0.3, -0.25) is 4.68 Å². The van der Waals surface area contributed by atoms with E-state index in [0.717, 1.165) is 10.0 Å². The number of esters is 1. The highest BCUT2D eigenvalue weighted by Crippen LogP contribution is 2.11. The number of hydrogen-bond acceptors (Lipinski definition) is 3. The van der Waals surface area contributed by atoms with E-state index in [1.54, 1.807) is 17.8 Å². The minimum absolute atomic E-state index is 0.334. The van der Waals surface area contributed by atoms with Gasteiger partial charge >= 0.3 is 5.97 Å². The zero-order valence-electron chi connectivity index (χ0n) is 9.97. The summed E-state index contributed by atoms with van der Waals surface area (Å²) in [7, 11) is 0. The lowest BCUT2D eigenvalue weighted by molar-refractivity contribution is 0.0526. The van der Waals surface area contributed by atoms with Gasteiger partial charge < -0.3 is 4.74 Å². The molecule has 4 nitrogen and oxygen atoms in total. The summed E-state index contributed by atoms with van der Waals surface area (Å²) < 4.78 is 7.67. The van der Waals surface area contributed by atoms with Gasteiger partial charge in [-0.25, -0.2) is 4.79 Å². The van der Waals surface area contributed by atoms with E-state index < -0.39 is 0 Å². The van der Waals surface area contributed by atoms with Crippen molar-refractivity contribution in [3.05, 3.63) is 52.3 Å². The molecule has 0 bridgehead atoms. The van der Waals surface area contributed by atoms with Crippen LogP contribution in [-0.2, 0) is 11.3 Å². The van der Waals surface area contributed by atoms with Crippen LogP contribution in [0, 0.1) is 0 Å². The molecule has 0 atom stereocenters. The summed E-state index contributed by atoms with van der Waals surface area (Å²) >= 11 is 3.39. The van der Waals surface area contributed by atoms with E-state index >= 15 is 0 Å². The Labute approximate surface area is 114 Å². The molecule has 0 N–H and O–H groups in total. The first-order valence-corrected chi connectivity index (χ1v) is 6.42. The van der Waals surface area contributed by atoms with Crippen molar-refractivity contribution in [1.82, 2.24) is 9.78 Å². The second-order valence-corrected chi connectivity index (χ2v) is 4.69. The van der Waals surface area contributed by atoms with Gasteiger partial charge in [-0.15, -0.1) is 0 Å². The van der Waals surface area contributed by atoms with Crippen LogP contribution in [0.4, 0.5) is 0 Å². The van der Waals surface area contributed by atoms with Gasteiger partial charge in [0.25, 0.3) is 0 Å². The van der Waals surface area contributed by atoms with Crippen molar-refractivity contribution in [1.29, 1.82) is 0 Å². The summed E-state index contributed by atoms with van der Waals surface area (Å²) in [6.07, 6.45) is 3.22. The third-order valence-electron chi connectivity index (χ3n) is 2.40. The number of carbonyl (C=O) groups excluding carboxylic acids is 1. The zero-order chi connectivity index (χ0) is 13.0. The fraction of sp³-hybridized carbons (Fsp3) is 0.231. The van der Waals surface area contributed by atoms with Crippen LogP contribution in [0.25, 0.3) is 0 Å². The molecule has 18 heavy (non-hydrogen) atoms. The van der Waals surface area contributed by atoms with Crippen LogP contribution in [0.2, 0.25) is 0 Å². The maximum atomic E-state index is 11.5. The molecule has 0 saturated carbocycles. The topological polar surface area (TPSA) is 44.1 Å². The normalized spacial score (nSPS) is 10.3. The molecule has 94 valence electrons. The zero-order valence-corrected chi connectivity index (χ0v) is 11.6. The van der Waals surface area contributed by atoms with Gasteiger partial charge in [-0.05, 0) is 24.6 Å². The molecule has 1 aromatic carbocycles. The molecule has 0 aliphatic carbocycles. The lowest BCUT2D eigenvalue weighted by Gasteiger charge is -2.01. The first-order chi connectivity index (χ1) is 8.69. The maximum absolute atomic E-state index is 11.5. The Hall–Kier alpha value is -1.62. The smallest absolute Gasteiger partial charge is 0.341 e. The Morgan fingerprint density at radius 3 is 2.78 bits per heavy atom. The van der Waals surface area contributed by atoms with Crippen molar-refractivity contribution in [2.45, 2.75) is 13.5 Å². The third kappa shape index (κ3) is 3.20. The van der Waals surface area contributed by atoms with E-state index in [4.69, 9.17) is 4.74 Å². The van der Waals surface area contributed by atoms with E-state index in [1.807, 2.05) is 24.3 Å².